The Kier molecular flexibility index (Phi) is 3.99. The number of amides is 1. The molecule has 1 aliphatic rings. The first-order chi connectivity index (χ1) is 8.89. The summed E-state index contributed by atoms with van der Waals surface area (Å²) in [6, 6.07) is 1.73. The molecule has 0 aliphatic heterocycles. The van der Waals surface area contributed by atoms with Crippen molar-refractivity contribution >= 4 is 5.91 Å². The predicted molar refractivity (Wildman–Crippen MR) is 73.1 cm³/mol. The van der Waals surface area contributed by atoms with E-state index in [1.54, 1.807) is 13.0 Å². The highest BCUT2D eigenvalue weighted by molar-refractivity contribution is 5.95. The van der Waals surface area contributed by atoms with Gasteiger partial charge in [0.2, 0.25) is 0 Å². The van der Waals surface area contributed by atoms with E-state index in [4.69, 9.17) is 4.42 Å². The molecular weight excluding hydrogens is 242 g/mol. The molecule has 4 heteroatoms. The van der Waals surface area contributed by atoms with Crippen molar-refractivity contribution in [3.63, 3.8) is 0 Å². The van der Waals surface area contributed by atoms with Crippen molar-refractivity contribution in [2.24, 2.45) is 5.92 Å². The Morgan fingerprint density at radius 2 is 2.32 bits per heavy atom. The largest absolute Gasteiger partial charge is 0.466 e. The average molecular weight is 265 g/mol. The quantitative estimate of drug-likeness (QED) is 0.883. The average Bonchev–Trinajstić information content (AvgIpc) is 2.65. The van der Waals surface area contributed by atoms with Gasteiger partial charge in [0.25, 0.3) is 5.91 Å². The Morgan fingerprint density at radius 1 is 1.58 bits per heavy atom. The van der Waals surface area contributed by atoms with E-state index in [0.29, 0.717) is 23.8 Å². The van der Waals surface area contributed by atoms with Crippen LogP contribution >= 0.6 is 0 Å². The second kappa shape index (κ2) is 5.37. The molecule has 1 saturated carbocycles. The molecule has 1 amide bonds. The van der Waals surface area contributed by atoms with E-state index in [0.717, 1.165) is 31.4 Å². The van der Waals surface area contributed by atoms with Crippen LogP contribution in [0.1, 0.15) is 54.5 Å². The summed E-state index contributed by atoms with van der Waals surface area (Å²) in [6.45, 7) is 6.06. The normalized spacial score (nSPS) is 27.3. The highest BCUT2D eigenvalue weighted by atomic mass is 16.3. The third kappa shape index (κ3) is 3.38. The molecule has 2 rings (SSSR count). The Bertz CT molecular complexity index is 466. The van der Waals surface area contributed by atoms with Crippen molar-refractivity contribution in [2.75, 3.05) is 6.54 Å². The first-order valence-corrected chi connectivity index (χ1v) is 6.97. The molecule has 4 nitrogen and oxygen atoms in total. The van der Waals surface area contributed by atoms with Gasteiger partial charge in [-0.15, -0.1) is 0 Å². The first kappa shape index (κ1) is 14.1. The van der Waals surface area contributed by atoms with E-state index in [1.807, 2.05) is 6.92 Å². The predicted octanol–water partition coefficient (Wildman–Crippen LogP) is 2.57. The molecule has 2 unspecified atom stereocenters. The van der Waals surface area contributed by atoms with Gasteiger partial charge in [-0.25, -0.2) is 0 Å². The van der Waals surface area contributed by atoms with E-state index in [2.05, 4.69) is 12.2 Å². The zero-order chi connectivity index (χ0) is 14.0. The molecule has 2 atom stereocenters. The molecular formula is C15H23NO3. The van der Waals surface area contributed by atoms with Crippen molar-refractivity contribution < 1.29 is 14.3 Å². The number of nitrogens with one attached hydrogen (secondary N) is 1. The van der Waals surface area contributed by atoms with Gasteiger partial charge in [0.15, 0.2) is 0 Å². The third-order valence-corrected chi connectivity index (χ3v) is 3.93. The lowest BCUT2D eigenvalue weighted by Gasteiger charge is -2.35. The van der Waals surface area contributed by atoms with Crippen LogP contribution in [0.2, 0.25) is 0 Å². The Balaban J connectivity index is 1.95. The second-order valence-corrected chi connectivity index (χ2v) is 5.94. The maximum Gasteiger partial charge on any atom is 0.254 e. The topological polar surface area (TPSA) is 62.5 Å². The van der Waals surface area contributed by atoms with Crippen molar-refractivity contribution in [2.45, 2.75) is 52.1 Å². The molecule has 0 radical (unpaired) electrons. The molecule has 106 valence electrons. The number of rotatable bonds is 3. The monoisotopic (exact) mass is 265 g/mol. The summed E-state index contributed by atoms with van der Waals surface area (Å²) in [6.07, 6.45) is 3.71. The molecule has 2 N–H and O–H groups in total. The number of carbonyl (C=O) groups is 1. The van der Waals surface area contributed by atoms with Gasteiger partial charge in [0.05, 0.1) is 11.2 Å². The smallest absolute Gasteiger partial charge is 0.254 e. The van der Waals surface area contributed by atoms with Crippen molar-refractivity contribution in [3.8, 4) is 0 Å². The van der Waals surface area contributed by atoms with Gasteiger partial charge in [-0.3, -0.25) is 4.79 Å². The highest BCUT2D eigenvalue weighted by Gasteiger charge is 2.33. The van der Waals surface area contributed by atoms with E-state index < -0.39 is 5.60 Å². The van der Waals surface area contributed by atoms with Crippen LogP contribution in [-0.2, 0) is 0 Å². The number of aryl methyl sites for hydroxylation is 2. The molecule has 1 aliphatic carbocycles. The number of hydrogen-bond donors (Lipinski definition) is 2. The van der Waals surface area contributed by atoms with E-state index in [9.17, 15) is 9.90 Å². The summed E-state index contributed by atoms with van der Waals surface area (Å²) >= 11 is 0. The zero-order valence-electron chi connectivity index (χ0n) is 12.0. The number of aliphatic hydroxyl groups is 1. The van der Waals surface area contributed by atoms with E-state index in [-0.39, 0.29) is 5.91 Å². The molecule has 0 aromatic carbocycles. The maximum absolute atomic E-state index is 12.1. The summed E-state index contributed by atoms with van der Waals surface area (Å²) in [5, 5.41) is 13.3. The van der Waals surface area contributed by atoms with Crippen LogP contribution in [0.3, 0.4) is 0 Å². The first-order valence-electron chi connectivity index (χ1n) is 6.97. The van der Waals surface area contributed by atoms with E-state index in [1.165, 1.54) is 0 Å². The standard InChI is InChI=1S/C15H23NO3/c1-10-5-4-6-15(18,8-10)9-16-14(17)13-7-11(2)19-12(13)3/h7,10,18H,4-6,8-9H2,1-3H3,(H,16,17). The van der Waals surface area contributed by atoms with Crippen molar-refractivity contribution in [1.82, 2.24) is 5.32 Å². The summed E-state index contributed by atoms with van der Waals surface area (Å²) in [5.41, 5.74) is -0.190. The molecule has 1 heterocycles. The van der Waals surface area contributed by atoms with Crippen LogP contribution in [0.15, 0.2) is 10.5 Å². The maximum atomic E-state index is 12.1. The lowest BCUT2D eigenvalue weighted by atomic mass is 9.79. The summed E-state index contributed by atoms with van der Waals surface area (Å²) in [7, 11) is 0. The number of hydrogen-bond acceptors (Lipinski definition) is 3. The lowest BCUT2D eigenvalue weighted by molar-refractivity contribution is -0.0109. The van der Waals surface area contributed by atoms with Gasteiger partial charge in [-0.05, 0) is 38.7 Å². The van der Waals surface area contributed by atoms with Crippen LogP contribution in [-0.4, -0.2) is 23.2 Å². The molecule has 19 heavy (non-hydrogen) atoms. The zero-order valence-corrected chi connectivity index (χ0v) is 12.0. The van der Waals surface area contributed by atoms with Crippen molar-refractivity contribution in [1.29, 1.82) is 0 Å². The lowest BCUT2D eigenvalue weighted by Crippen LogP contribution is -2.45. The van der Waals surface area contributed by atoms with Crippen LogP contribution in [0.5, 0.6) is 0 Å². The van der Waals surface area contributed by atoms with Gasteiger partial charge >= 0.3 is 0 Å². The van der Waals surface area contributed by atoms with Gasteiger partial charge < -0.3 is 14.8 Å². The summed E-state index contributed by atoms with van der Waals surface area (Å²) in [4.78, 5) is 12.1. The van der Waals surface area contributed by atoms with Gasteiger partial charge in [0, 0.05) is 6.54 Å². The fourth-order valence-corrected chi connectivity index (χ4v) is 2.99. The van der Waals surface area contributed by atoms with Crippen LogP contribution in [0, 0.1) is 19.8 Å². The minimum atomic E-state index is -0.750. The second-order valence-electron chi connectivity index (χ2n) is 5.94. The van der Waals surface area contributed by atoms with Crippen LogP contribution in [0.4, 0.5) is 0 Å². The molecule has 0 bridgehead atoms. The molecule has 1 fully saturated rings. The molecule has 0 saturated heterocycles. The van der Waals surface area contributed by atoms with Crippen LogP contribution < -0.4 is 5.32 Å². The van der Waals surface area contributed by atoms with Crippen molar-refractivity contribution in [3.05, 3.63) is 23.2 Å². The Morgan fingerprint density at radius 3 is 2.89 bits per heavy atom. The van der Waals surface area contributed by atoms with E-state index >= 15 is 0 Å². The molecule has 1 aromatic rings. The fourth-order valence-electron chi connectivity index (χ4n) is 2.99. The highest BCUT2D eigenvalue weighted by Crippen LogP contribution is 2.31. The van der Waals surface area contributed by atoms with Gasteiger partial charge in [0.1, 0.15) is 11.5 Å². The number of carbonyl (C=O) groups excluding carboxylic acids is 1. The molecule has 1 aromatic heterocycles. The SMILES string of the molecule is Cc1cc(C(=O)NCC2(O)CCCC(C)C2)c(C)o1. The minimum absolute atomic E-state index is 0.166. The molecule has 0 spiro atoms. The van der Waals surface area contributed by atoms with Gasteiger partial charge in [-0.1, -0.05) is 19.8 Å². The fraction of sp³-hybridized carbons (Fsp3) is 0.667. The third-order valence-electron chi connectivity index (χ3n) is 3.93. The summed E-state index contributed by atoms with van der Waals surface area (Å²) < 4.78 is 5.35. The number of furan rings is 1. The minimum Gasteiger partial charge on any atom is -0.466 e. The van der Waals surface area contributed by atoms with Crippen LogP contribution in [0.25, 0.3) is 0 Å². The Labute approximate surface area is 114 Å². The Hall–Kier alpha value is -1.29. The van der Waals surface area contributed by atoms with Gasteiger partial charge in [-0.2, -0.15) is 0 Å². The summed E-state index contributed by atoms with van der Waals surface area (Å²) in [5.74, 6) is 1.71.